The number of carbonyl (C=O) groups excluding carboxylic acids is 1. The standard InChI is InChI=1S/C16H19F2NO/c17-13-2-1-3-14(18)16(13)15(20)10-19(8-11-4-5-11)9-12-6-7-12/h1-3,11-12H,4-10H2. The molecule has 2 aliphatic rings. The van der Waals surface area contributed by atoms with Gasteiger partial charge in [0.2, 0.25) is 0 Å². The minimum atomic E-state index is -0.757. The van der Waals surface area contributed by atoms with E-state index in [0.29, 0.717) is 11.8 Å². The van der Waals surface area contributed by atoms with Gasteiger partial charge in [-0.15, -0.1) is 0 Å². The Morgan fingerprint density at radius 3 is 2.00 bits per heavy atom. The summed E-state index contributed by atoms with van der Waals surface area (Å²) in [6.45, 7) is 1.90. The number of rotatable bonds is 7. The van der Waals surface area contributed by atoms with Crippen LogP contribution in [0.25, 0.3) is 0 Å². The lowest BCUT2D eigenvalue weighted by molar-refractivity contribution is 0.0915. The van der Waals surface area contributed by atoms with Crippen LogP contribution in [0.3, 0.4) is 0 Å². The molecule has 4 heteroatoms. The lowest BCUT2D eigenvalue weighted by Crippen LogP contribution is -2.34. The molecular formula is C16H19F2NO. The first-order chi connectivity index (χ1) is 9.63. The zero-order chi connectivity index (χ0) is 14.1. The highest BCUT2D eigenvalue weighted by Crippen LogP contribution is 2.33. The molecule has 0 atom stereocenters. The number of hydrogen-bond donors (Lipinski definition) is 0. The molecule has 2 aliphatic carbocycles. The van der Waals surface area contributed by atoms with Crippen molar-refractivity contribution in [1.82, 2.24) is 4.90 Å². The lowest BCUT2D eigenvalue weighted by atomic mass is 10.1. The third-order valence-electron chi connectivity index (χ3n) is 4.04. The van der Waals surface area contributed by atoms with Crippen molar-refractivity contribution >= 4 is 5.78 Å². The Bertz CT molecular complexity index is 475. The van der Waals surface area contributed by atoms with Crippen LogP contribution >= 0.6 is 0 Å². The highest BCUT2D eigenvalue weighted by atomic mass is 19.1. The maximum absolute atomic E-state index is 13.6. The molecule has 0 spiro atoms. The minimum Gasteiger partial charge on any atom is -0.295 e. The fourth-order valence-corrected chi connectivity index (χ4v) is 2.58. The molecule has 20 heavy (non-hydrogen) atoms. The number of halogens is 2. The van der Waals surface area contributed by atoms with Crippen LogP contribution in [0.15, 0.2) is 18.2 Å². The lowest BCUT2D eigenvalue weighted by Gasteiger charge is -2.21. The Hall–Kier alpha value is -1.29. The van der Waals surface area contributed by atoms with E-state index < -0.39 is 17.4 Å². The number of hydrogen-bond acceptors (Lipinski definition) is 2. The first-order valence-electron chi connectivity index (χ1n) is 7.33. The van der Waals surface area contributed by atoms with Gasteiger partial charge in [-0.2, -0.15) is 0 Å². The first kappa shape index (κ1) is 13.7. The third kappa shape index (κ3) is 3.42. The molecule has 0 unspecified atom stereocenters. The number of nitrogens with zero attached hydrogens (tertiary/aromatic N) is 1. The monoisotopic (exact) mass is 279 g/mol. The molecule has 1 aromatic rings. The summed E-state index contributed by atoms with van der Waals surface area (Å²) < 4.78 is 27.2. The van der Waals surface area contributed by atoms with Gasteiger partial charge in [0.1, 0.15) is 11.6 Å². The highest BCUT2D eigenvalue weighted by molar-refractivity contribution is 5.98. The summed E-state index contributed by atoms with van der Waals surface area (Å²) in [4.78, 5) is 14.3. The Labute approximate surface area is 117 Å². The summed E-state index contributed by atoms with van der Waals surface area (Å²) in [5, 5.41) is 0. The summed E-state index contributed by atoms with van der Waals surface area (Å²) in [5.41, 5.74) is -0.385. The molecule has 0 aromatic heterocycles. The molecule has 0 aliphatic heterocycles. The van der Waals surface area contributed by atoms with Crippen molar-refractivity contribution in [2.45, 2.75) is 25.7 Å². The van der Waals surface area contributed by atoms with E-state index in [1.807, 2.05) is 0 Å². The summed E-state index contributed by atoms with van der Waals surface area (Å²) in [5.74, 6) is -0.610. The third-order valence-corrected chi connectivity index (χ3v) is 4.04. The Kier molecular flexibility index (Phi) is 3.83. The average molecular weight is 279 g/mol. The van der Waals surface area contributed by atoms with Gasteiger partial charge in [0.05, 0.1) is 12.1 Å². The zero-order valence-electron chi connectivity index (χ0n) is 11.4. The second-order valence-electron chi connectivity index (χ2n) is 6.10. The molecule has 0 N–H and O–H groups in total. The molecular weight excluding hydrogens is 260 g/mol. The predicted molar refractivity (Wildman–Crippen MR) is 72.6 cm³/mol. The SMILES string of the molecule is O=C(CN(CC1CC1)CC1CC1)c1c(F)cccc1F. The molecule has 0 amide bonds. The van der Waals surface area contributed by atoms with Crippen molar-refractivity contribution in [2.75, 3.05) is 19.6 Å². The summed E-state index contributed by atoms with van der Waals surface area (Å²) in [7, 11) is 0. The predicted octanol–water partition coefficient (Wildman–Crippen LogP) is 3.27. The van der Waals surface area contributed by atoms with Gasteiger partial charge in [-0.25, -0.2) is 8.78 Å². The molecule has 2 fully saturated rings. The van der Waals surface area contributed by atoms with Crippen molar-refractivity contribution < 1.29 is 13.6 Å². The van der Waals surface area contributed by atoms with E-state index in [4.69, 9.17) is 0 Å². The van der Waals surface area contributed by atoms with Gasteiger partial charge in [0.25, 0.3) is 0 Å². The topological polar surface area (TPSA) is 20.3 Å². The number of Topliss-reactive ketones (excluding diaryl/α,β-unsaturated/α-hetero) is 1. The van der Waals surface area contributed by atoms with Crippen LogP contribution in [0, 0.1) is 23.5 Å². The fraction of sp³-hybridized carbons (Fsp3) is 0.562. The molecule has 0 radical (unpaired) electrons. The molecule has 0 saturated heterocycles. The summed E-state index contributed by atoms with van der Waals surface area (Å²) in [6, 6.07) is 3.57. The van der Waals surface area contributed by atoms with E-state index in [0.717, 1.165) is 25.2 Å². The summed E-state index contributed by atoms with van der Waals surface area (Å²) >= 11 is 0. The molecule has 1 aromatic carbocycles. The van der Waals surface area contributed by atoms with Gasteiger partial charge in [0.15, 0.2) is 5.78 Å². The first-order valence-corrected chi connectivity index (χ1v) is 7.33. The maximum atomic E-state index is 13.6. The minimum absolute atomic E-state index is 0.130. The van der Waals surface area contributed by atoms with Crippen LogP contribution in [-0.4, -0.2) is 30.3 Å². The quantitative estimate of drug-likeness (QED) is 0.714. The van der Waals surface area contributed by atoms with Crippen molar-refractivity contribution in [2.24, 2.45) is 11.8 Å². The van der Waals surface area contributed by atoms with Gasteiger partial charge in [-0.3, -0.25) is 9.69 Å². The van der Waals surface area contributed by atoms with Crippen LogP contribution in [0.1, 0.15) is 36.0 Å². The van der Waals surface area contributed by atoms with Gasteiger partial charge in [-0.1, -0.05) is 6.07 Å². The van der Waals surface area contributed by atoms with E-state index in [1.165, 1.54) is 31.7 Å². The molecule has 0 bridgehead atoms. The average Bonchev–Trinajstić information content (AvgIpc) is 3.25. The number of benzene rings is 1. The molecule has 0 heterocycles. The largest absolute Gasteiger partial charge is 0.295 e. The van der Waals surface area contributed by atoms with Crippen LogP contribution < -0.4 is 0 Å². The number of ketones is 1. The van der Waals surface area contributed by atoms with Gasteiger partial charge in [-0.05, 0) is 49.7 Å². The van der Waals surface area contributed by atoms with Gasteiger partial charge < -0.3 is 0 Å². The van der Waals surface area contributed by atoms with E-state index in [-0.39, 0.29) is 12.1 Å². The Morgan fingerprint density at radius 2 is 1.55 bits per heavy atom. The summed E-state index contributed by atoms with van der Waals surface area (Å²) in [6.07, 6.45) is 4.85. The Morgan fingerprint density at radius 1 is 1.05 bits per heavy atom. The molecule has 108 valence electrons. The van der Waals surface area contributed by atoms with Gasteiger partial charge >= 0.3 is 0 Å². The molecule has 2 saturated carbocycles. The van der Waals surface area contributed by atoms with E-state index in [9.17, 15) is 13.6 Å². The molecule has 3 rings (SSSR count). The fourth-order valence-electron chi connectivity index (χ4n) is 2.58. The second kappa shape index (κ2) is 5.60. The van der Waals surface area contributed by atoms with Crippen molar-refractivity contribution in [3.05, 3.63) is 35.4 Å². The smallest absolute Gasteiger partial charge is 0.182 e. The molecule has 2 nitrogen and oxygen atoms in total. The van der Waals surface area contributed by atoms with Crippen LogP contribution in [-0.2, 0) is 0 Å². The zero-order valence-corrected chi connectivity index (χ0v) is 11.4. The van der Waals surface area contributed by atoms with Crippen molar-refractivity contribution in [3.8, 4) is 0 Å². The van der Waals surface area contributed by atoms with E-state index in [1.54, 1.807) is 0 Å². The van der Waals surface area contributed by atoms with E-state index >= 15 is 0 Å². The maximum Gasteiger partial charge on any atom is 0.182 e. The normalized spacial score (nSPS) is 18.6. The number of carbonyl (C=O) groups is 1. The van der Waals surface area contributed by atoms with E-state index in [2.05, 4.69) is 4.90 Å². The van der Waals surface area contributed by atoms with Crippen molar-refractivity contribution in [1.29, 1.82) is 0 Å². The second-order valence-corrected chi connectivity index (χ2v) is 6.10. The highest BCUT2D eigenvalue weighted by Gasteiger charge is 2.30. The van der Waals surface area contributed by atoms with Crippen LogP contribution in [0.5, 0.6) is 0 Å². The van der Waals surface area contributed by atoms with Crippen LogP contribution in [0.2, 0.25) is 0 Å². The van der Waals surface area contributed by atoms with Crippen LogP contribution in [0.4, 0.5) is 8.78 Å². The van der Waals surface area contributed by atoms with Crippen molar-refractivity contribution in [3.63, 3.8) is 0 Å². The Balaban J connectivity index is 1.68. The van der Waals surface area contributed by atoms with Gasteiger partial charge in [0, 0.05) is 13.1 Å².